The highest BCUT2D eigenvalue weighted by molar-refractivity contribution is 5.69. The van der Waals surface area contributed by atoms with Crippen molar-refractivity contribution in [2.75, 3.05) is 26.4 Å². The van der Waals surface area contributed by atoms with E-state index in [-0.39, 0.29) is 0 Å². The van der Waals surface area contributed by atoms with Gasteiger partial charge < -0.3 is 14.2 Å². The molecule has 2 aliphatic carbocycles. The predicted molar refractivity (Wildman–Crippen MR) is 257 cm³/mol. The maximum atomic E-state index is 6.54. The molecule has 0 unspecified atom stereocenters. The van der Waals surface area contributed by atoms with Gasteiger partial charge in [0.2, 0.25) is 0 Å². The van der Waals surface area contributed by atoms with Crippen LogP contribution in [0, 0.1) is 23.7 Å². The molecule has 2 fully saturated rings. The quantitative estimate of drug-likeness (QED) is 0.0689. The number of rotatable bonds is 32. The van der Waals surface area contributed by atoms with Crippen LogP contribution in [0.1, 0.15) is 219 Å². The van der Waals surface area contributed by atoms with Crippen LogP contribution in [0.5, 0.6) is 11.5 Å². The molecule has 0 N–H and O–H groups in total. The Hall–Kier alpha value is -2.52. The predicted octanol–water partition coefficient (Wildman–Crippen LogP) is 17.4. The second kappa shape index (κ2) is 31.3. The first-order valence-electron chi connectivity index (χ1n) is 25.6. The molecule has 2 aromatic rings. The van der Waals surface area contributed by atoms with Crippen molar-refractivity contribution in [3.05, 3.63) is 71.8 Å². The lowest BCUT2D eigenvalue weighted by atomic mass is 9.75. The van der Waals surface area contributed by atoms with Gasteiger partial charge in [0.15, 0.2) is 0 Å². The van der Waals surface area contributed by atoms with Crippen LogP contribution < -0.4 is 9.47 Å². The normalized spacial score (nSPS) is 20.2. The molecular weight excluding hydrogens is 721 g/mol. The Morgan fingerprint density at radius 1 is 0.424 bits per heavy atom. The van der Waals surface area contributed by atoms with Gasteiger partial charge in [0.1, 0.15) is 11.5 Å². The minimum Gasteiger partial charge on any atom is -0.494 e. The van der Waals surface area contributed by atoms with Crippen LogP contribution in [0.2, 0.25) is 0 Å². The van der Waals surface area contributed by atoms with E-state index in [1.165, 1.54) is 189 Å². The average molecular weight is 811 g/mol. The van der Waals surface area contributed by atoms with Crippen LogP contribution in [0.3, 0.4) is 0 Å². The summed E-state index contributed by atoms with van der Waals surface area (Å²) < 4.78 is 18.9. The maximum Gasteiger partial charge on any atom is 0.119 e. The van der Waals surface area contributed by atoms with E-state index >= 15 is 0 Å². The Labute approximate surface area is 364 Å². The highest BCUT2D eigenvalue weighted by Crippen LogP contribution is 2.41. The molecule has 0 aliphatic heterocycles. The zero-order valence-corrected chi connectivity index (χ0v) is 38.9. The third-order valence-electron chi connectivity index (χ3n) is 13.8. The van der Waals surface area contributed by atoms with Gasteiger partial charge in [-0.05, 0) is 134 Å². The summed E-state index contributed by atoms with van der Waals surface area (Å²) in [5, 5.41) is 0. The van der Waals surface area contributed by atoms with Crippen LogP contribution in [0.4, 0.5) is 0 Å². The summed E-state index contributed by atoms with van der Waals surface area (Å²) in [5.41, 5.74) is 5.67. The van der Waals surface area contributed by atoms with Gasteiger partial charge >= 0.3 is 0 Å². The van der Waals surface area contributed by atoms with Gasteiger partial charge in [-0.15, -0.1) is 0 Å². The topological polar surface area (TPSA) is 27.7 Å². The monoisotopic (exact) mass is 811 g/mol. The van der Waals surface area contributed by atoms with E-state index in [0.29, 0.717) is 25.0 Å². The second-order valence-corrected chi connectivity index (χ2v) is 18.6. The molecular formula is C56H90O3. The highest BCUT2D eigenvalue weighted by Gasteiger charge is 2.26. The third kappa shape index (κ3) is 19.8. The first-order valence-corrected chi connectivity index (χ1v) is 25.6. The summed E-state index contributed by atoms with van der Waals surface area (Å²) in [6.45, 7) is 12.1. The molecule has 2 aliphatic rings. The van der Waals surface area contributed by atoms with E-state index in [4.69, 9.17) is 14.2 Å². The number of benzene rings is 2. The minimum absolute atomic E-state index is 0.608. The van der Waals surface area contributed by atoms with Crippen molar-refractivity contribution >= 4 is 11.1 Å². The van der Waals surface area contributed by atoms with E-state index in [0.717, 1.165) is 49.4 Å². The average Bonchev–Trinajstić information content (AvgIpc) is 3.27. The molecule has 332 valence electrons. The standard InChI is InChI=1S/C56H90O3/c1-5-9-13-15-17-21-43-58-53-37-33-51(34-38-53)55(49-29-25-47(26-30-49)23-19-11-7-3)41-45-57-46-42-56(50-31-27-48(28-32-50)24-20-12-8-4)52-35-39-54(40-36-52)59-44-22-18-16-14-10-6-2/h33-42,47-50H,5-32,43-46H2,1-4H3. The molecule has 0 spiro atoms. The fourth-order valence-corrected chi connectivity index (χ4v) is 9.93. The molecule has 2 saturated carbocycles. The molecule has 59 heavy (non-hydrogen) atoms. The molecule has 2 aromatic carbocycles. The van der Waals surface area contributed by atoms with Crippen LogP contribution in [0.25, 0.3) is 11.1 Å². The summed E-state index contributed by atoms with van der Waals surface area (Å²) in [5.74, 6) is 5.03. The fourth-order valence-electron chi connectivity index (χ4n) is 9.93. The molecule has 0 heterocycles. The van der Waals surface area contributed by atoms with Gasteiger partial charge in [-0.3, -0.25) is 0 Å². The van der Waals surface area contributed by atoms with Gasteiger partial charge in [0.05, 0.1) is 26.4 Å². The van der Waals surface area contributed by atoms with E-state index in [1.54, 1.807) is 0 Å². The largest absolute Gasteiger partial charge is 0.494 e. The lowest BCUT2D eigenvalue weighted by Gasteiger charge is -2.31. The minimum atomic E-state index is 0.608. The van der Waals surface area contributed by atoms with Crippen LogP contribution in [-0.4, -0.2) is 26.4 Å². The van der Waals surface area contributed by atoms with Crippen molar-refractivity contribution in [3.8, 4) is 11.5 Å². The Kier molecular flexibility index (Phi) is 26.1. The van der Waals surface area contributed by atoms with Gasteiger partial charge in [0, 0.05) is 0 Å². The lowest BCUT2D eigenvalue weighted by Crippen LogP contribution is -2.17. The Morgan fingerprint density at radius 2 is 0.763 bits per heavy atom. The molecule has 0 amide bonds. The second-order valence-electron chi connectivity index (χ2n) is 18.6. The van der Waals surface area contributed by atoms with Gasteiger partial charge in [-0.25, -0.2) is 0 Å². The summed E-state index contributed by atoms with van der Waals surface area (Å²) in [6, 6.07) is 18.1. The van der Waals surface area contributed by atoms with Crippen molar-refractivity contribution < 1.29 is 14.2 Å². The van der Waals surface area contributed by atoms with Crippen molar-refractivity contribution in [1.82, 2.24) is 0 Å². The van der Waals surface area contributed by atoms with Gasteiger partial charge in [-0.1, -0.05) is 180 Å². The number of allylic oxidation sites excluding steroid dienone is 2. The molecule has 0 atom stereocenters. The molecule has 0 bridgehead atoms. The van der Waals surface area contributed by atoms with Crippen molar-refractivity contribution in [2.45, 2.75) is 207 Å². The summed E-state index contributed by atoms with van der Waals surface area (Å²) >= 11 is 0. The molecule has 0 saturated heterocycles. The van der Waals surface area contributed by atoms with Crippen LogP contribution >= 0.6 is 0 Å². The number of unbranched alkanes of at least 4 members (excludes halogenated alkanes) is 14. The van der Waals surface area contributed by atoms with Crippen molar-refractivity contribution in [3.63, 3.8) is 0 Å². The summed E-state index contributed by atoms with van der Waals surface area (Å²) in [6.07, 6.45) is 42.0. The van der Waals surface area contributed by atoms with Gasteiger partial charge in [-0.2, -0.15) is 0 Å². The first-order chi connectivity index (χ1) is 29.1. The molecule has 3 heteroatoms. The molecule has 0 aromatic heterocycles. The summed E-state index contributed by atoms with van der Waals surface area (Å²) in [4.78, 5) is 0. The number of hydrogen-bond donors (Lipinski definition) is 0. The first kappa shape index (κ1) is 49.1. The van der Waals surface area contributed by atoms with Crippen LogP contribution in [-0.2, 0) is 4.74 Å². The van der Waals surface area contributed by atoms with Crippen LogP contribution in [0.15, 0.2) is 60.7 Å². The number of ether oxygens (including phenoxy) is 3. The Balaban J connectivity index is 1.39. The highest BCUT2D eigenvalue weighted by atomic mass is 16.5. The van der Waals surface area contributed by atoms with E-state index in [9.17, 15) is 0 Å². The van der Waals surface area contributed by atoms with E-state index in [2.05, 4.69) is 88.4 Å². The van der Waals surface area contributed by atoms with Gasteiger partial charge in [0.25, 0.3) is 0 Å². The summed E-state index contributed by atoms with van der Waals surface area (Å²) in [7, 11) is 0. The molecule has 3 nitrogen and oxygen atoms in total. The fraction of sp³-hybridized carbons (Fsp3) is 0.714. The SMILES string of the molecule is CCCCCCCCOc1ccc(C(=CCOCC=C(c2ccc(OCCCCCCCC)cc2)C2CCC(CCCCC)CC2)C2CCC(CCCCC)CC2)cc1. The third-order valence-corrected chi connectivity index (χ3v) is 13.8. The Bertz CT molecular complexity index is 1250. The van der Waals surface area contributed by atoms with Crippen molar-refractivity contribution in [1.29, 1.82) is 0 Å². The zero-order chi connectivity index (χ0) is 41.6. The van der Waals surface area contributed by atoms with Crippen molar-refractivity contribution in [2.24, 2.45) is 23.7 Å². The van der Waals surface area contributed by atoms with E-state index in [1.807, 2.05) is 0 Å². The lowest BCUT2D eigenvalue weighted by molar-refractivity contribution is 0.193. The molecule has 4 rings (SSSR count). The smallest absolute Gasteiger partial charge is 0.119 e. The molecule has 0 radical (unpaired) electrons. The zero-order valence-electron chi connectivity index (χ0n) is 38.9. The maximum absolute atomic E-state index is 6.54. The van der Waals surface area contributed by atoms with E-state index < -0.39 is 0 Å². The number of hydrogen-bond acceptors (Lipinski definition) is 3. The Morgan fingerprint density at radius 3 is 1.14 bits per heavy atom.